The van der Waals surface area contributed by atoms with Gasteiger partial charge in [-0.05, 0) is 31.7 Å². The minimum atomic E-state index is -0.936. The van der Waals surface area contributed by atoms with Crippen molar-refractivity contribution in [1.29, 1.82) is 0 Å². The van der Waals surface area contributed by atoms with Gasteiger partial charge in [0, 0.05) is 13.1 Å². The number of carboxylic acid groups (broad SMARTS) is 1. The Hall–Kier alpha value is -1.10. The van der Waals surface area contributed by atoms with E-state index in [1.54, 1.807) is 0 Å². The molecule has 1 fully saturated rings. The molecule has 1 heterocycles. The SMILES string of the molecule is CCCC1(C(=O)N(CC(=O)O)CC(C)C)CCCNC1. The number of rotatable bonds is 7. The Morgan fingerprint density at radius 2 is 2.10 bits per heavy atom. The topological polar surface area (TPSA) is 69.6 Å². The van der Waals surface area contributed by atoms with Crippen molar-refractivity contribution in [2.24, 2.45) is 11.3 Å². The highest BCUT2D eigenvalue weighted by atomic mass is 16.4. The molecule has 20 heavy (non-hydrogen) atoms. The lowest BCUT2D eigenvalue weighted by atomic mass is 9.75. The molecule has 0 bridgehead atoms. The van der Waals surface area contributed by atoms with Crippen LogP contribution in [0.3, 0.4) is 0 Å². The number of aliphatic carboxylic acids is 1. The van der Waals surface area contributed by atoms with Gasteiger partial charge >= 0.3 is 5.97 Å². The van der Waals surface area contributed by atoms with E-state index in [0.29, 0.717) is 13.1 Å². The molecule has 1 unspecified atom stereocenters. The van der Waals surface area contributed by atoms with Gasteiger partial charge < -0.3 is 15.3 Å². The molecule has 0 radical (unpaired) electrons. The molecule has 0 spiro atoms. The monoisotopic (exact) mass is 284 g/mol. The summed E-state index contributed by atoms with van der Waals surface area (Å²) in [6.07, 6.45) is 3.61. The van der Waals surface area contributed by atoms with E-state index in [0.717, 1.165) is 32.2 Å². The molecule has 0 aromatic carbocycles. The Kier molecular flexibility index (Phi) is 6.46. The third kappa shape index (κ3) is 4.47. The summed E-state index contributed by atoms with van der Waals surface area (Å²) < 4.78 is 0. The van der Waals surface area contributed by atoms with Crippen LogP contribution in [0, 0.1) is 11.3 Å². The average Bonchev–Trinajstić information content (AvgIpc) is 2.37. The molecule has 1 aliphatic rings. The van der Waals surface area contributed by atoms with Crippen molar-refractivity contribution in [1.82, 2.24) is 10.2 Å². The summed E-state index contributed by atoms with van der Waals surface area (Å²) >= 11 is 0. The zero-order valence-electron chi connectivity index (χ0n) is 12.9. The summed E-state index contributed by atoms with van der Waals surface area (Å²) in [5.74, 6) is -0.648. The normalized spacial score (nSPS) is 22.8. The first kappa shape index (κ1) is 17.0. The maximum Gasteiger partial charge on any atom is 0.323 e. The van der Waals surface area contributed by atoms with Crippen molar-refractivity contribution in [2.75, 3.05) is 26.2 Å². The van der Waals surface area contributed by atoms with E-state index in [-0.39, 0.29) is 18.4 Å². The number of amides is 1. The second kappa shape index (κ2) is 7.62. The van der Waals surface area contributed by atoms with Gasteiger partial charge in [0.05, 0.1) is 5.41 Å². The molecule has 1 aliphatic heterocycles. The number of hydrogen-bond acceptors (Lipinski definition) is 3. The van der Waals surface area contributed by atoms with E-state index >= 15 is 0 Å². The number of carbonyl (C=O) groups is 2. The van der Waals surface area contributed by atoms with E-state index in [4.69, 9.17) is 5.11 Å². The summed E-state index contributed by atoms with van der Waals surface area (Å²) in [5.41, 5.74) is -0.405. The summed E-state index contributed by atoms with van der Waals surface area (Å²) in [6, 6.07) is 0. The predicted octanol–water partition coefficient (Wildman–Crippen LogP) is 1.73. The van der Waals surface area contributed by atoms with Crippen LogP contribution in [0.2, 0.25) is 0 Å². The lowest BCUT2D eigenvalue weighted by molar-refractivity contribution is -0.151. The Bertz CT molecular complexity index is 331. The van der Waals surface area contributed by atoms with Gasteiger partial charge in [0.2, 0.25) is 5.91 Å². The molecule has 2 N–H and O–H groups in total. The van der Waals surface area contributed by atoms with Gasteiger partial charge in [0.15, 0.2) is 0 Å². The third-order valence-electron chi connectivity index (χ3n) is 3.85. The van der Waals surface area contributed by atoms with Crippen LogP contribution in [-0.4, -0.2) is 48.1 Å². The van der Waals surface area contributed by atoms with Crippen LogP contribution in [0.15, 0.2) is 0 Å². The highest BCUT2D eigenvalue weighted by Gasteiger charge is 2.41. The summed E-state index contributed by atoms with van der Waals surface area (Å²) in [7, 11) is 0. The smallest absolute Gasteiger partial charge is 0.323 e. The first-order chi connectivity index (χ1) is 9.41. The summed E-state index contributed by atoms with van der Waals surface area (Å²) in [4.78, 5) is 25.5. The minimum Gasteiger partial charge on any atom is -0.480 e. The van der Waals surface area contributed by atoms with Gasteiger partial charge in [-0.1, -0.05) is 27.2 Å². The highest BCUT2D eigenvalue weighted by molar-refractivity contribution is 5.86. The van der Waals surface area contributed by atoms with Gasteiger partial charge in [-0.2, -0.15) is 0 Å². The van der Waals surface area contributed by atoms with Gasteiger partial charge in [-0.15, -0.1) is 0 Å². The molecular formula is C15H28N2O3. The molecule has 1 rings (SSSR count). The average molecular weight is 284 g/mol. The molecule has 0 aromatic rings. The summed E-state index contributed by atoms with van der Waals surface area (Å²) in [5, 5.41) is 12.4. The van der Waals surface area contributed by atoms with Gasteiger partial charge in [-0.25, -0.2) is 0 Å². The lowest BCUT2D eigenvalue weighted by Gasteiger charge is -2.40. The molecule has 0 saturated carbocycles. The predicted molar refractivity (Wildman–Crippen MR) is 78.5 cm³/mol. The first-order valence-corrected chi connectivity index (χ1v) is 7.63. The van der Waals surface area contributed by atoms with Gasteiger partial charge in [0.1, 0.15) is 6.54 Å². The van der Waals surface area contributed by atoms with Gasteiger partial charge in [-0.3, -0.25) is 9.59 Å². The number of piperidine rings is 1. The first-order valence-electron chi connectivity index (χ1n) is 7.63. The maximum atomic E-state index is 12.9. The van der Waals surface area contributed by atoms with Crippen molar-refractivity contribution in [3.05, 3.63) is 0 Å². The van der Waals surface area contributed by atoms with Crippen molar-refractivity contribution in [3.8, 4) is 0 Å². The standard InChI is InChI=1S/C15H28N2O3/c1-4-6-15(7-5-8-16-11-15)14(20)17(9-12(2)3)10-13(18)19/h12,16H,4-11H2,1-3H3,(H,18,19). The molecule has 5 heteroatoms. The van der Waals surface area contributed by atoms with E-state index in [9.17, 15) is 9.59 Å². The Balaban J connectivity index is 2.89. The third-order valence-corrected chi connectivity index (χ3v) is 3.85. The summed E-state index contributed by atoms with van der Waals surface area (Å²) in [6.45, 7) is 8.03. The van der Waals surface area contributed by atoms with Crippen LogP contribution in [0.5, 0.6) is 0 Å². The number of nitrogens with one attached hydrogen (secondary N) is 1. The highest BCUT2D eigenvalue weighted by Crippen LogP contribution is 2.34. The second-order valence-corrected chi connectivity index (χ2v) is 6.28. The van der Waals surface area contributed by atoms with E-state index in [2.05, 4.69) is 12.2 Å². The fraction of sp³-hybridized carbons (Fsp3) is 0.867. The van der Waals surface area contributed by atoms with Crippen molar-refractivity contribution in [2.45, 2.75) is 46.5 Å². The van der Waals surface area contributed by atoms with Crippen LogP contribution in [0.1, 0.15) is 46.5 Å². The van der Waals surface area contributed by atoms with Crippen molar-refractivity contribution in [3.63, 3.8) is 0 Å². The fourth-order valence-electron chi connectivity index (χ4n) is 3.11. The molecular weight excluding hydrogens is 256 g/mol. The maximum absolute atomic E-state index is 12.9. The van der Waals surface area contributed by atoms with Crippen molar-refractivity contribution < 1.29 is 14.7 Å². The Morgan fingerprint density at radius 3 is 2.55 bits per heavy atom. The Labute approximate surface area is 121 Å². The number of nitrogens with zero attached hydrogens (tertiary/aromatic N) is 1. The largest absolute Gasteiger partial charge is 0.480 e. The molecule has 0 aliphatic carbocycles. The molecule has 1 atom stereocenters. The fourth-order valence-corrected chi connectivity index (χ4v) is 3.11. The molecule has 5 nitrogen and oxygen atoms in total. The Morgan fingerprint density at radius 1 is 1.40 bits per heavy atom. The number of hydrogen-bond donors (Lipinski definition) is 2. The number of carboxylic acids is 1. The van der Waals surface area contributed by atoms with Crippen molar-refractivity contribution >= 4 is 11.9 Å². The van der Waals surface area contributed by atoms with E-state index < -0.39 is 11.4 Å². The zero-order valence-corrected chi connectivity index (χ0v) is 12.9. The number of carbonyl (C=O) groups excluding carboxylic acids is 1. The van der Waals surface area contributed by atoms with Gasteiger partial charge in [0.25, 0.3) is 0 Å². The molecule has 116 valence electrons. The molecule has 1 saturated heterocycles. The molecule has 0 aromatic heterocycles. The lowest BCUT2D eigenvalue weighted by Crippen LogP contribution is -2.53. The van der Waals surface area contributed by atoms with Crippen LogP contribution >= 0.6 is 0 Å². The quantitative estimate of drug-likeness (QED) is 0.747. The van der Waals surface area contributed by atoms with E-state index in [1.165, 1.54) is 4.90 Å². The zero-order chi connectivity index (χ0) is 15.2. The minimum absolute atomic E-state index is 0.0163. The van der Waals surface area contributed by atoms with Crippen LogP contribution in [0.4, 0.5) is 0 Å². The molecule has 1 amide bonds. The van der Waals surface area contributed by atoms with Crippen LogP contribution in [0.25, 0.3) is 0 Å². The second-order valence-electron chi connectivity index (χ2n) is 6.28. The van der Waals surface area contributed by atoms with Crippen LogP contribution < -0.4 is 5.32 Å². The van der Waals surface area contributed by atoms with Crippen LogP contribution in [-0.2, 0) is 9.59 Å². The van der Waals surface area contributed by atoms with E-state index in [1.807, 2.05) is 13.8 Å².